The summed E-state index contributed by atoms with van der Waals surface area (Å²) in [6.45, 7) is 0. The fourth-order valence-electron chi connectivity index (χ4n) is 1.94. The molecule has 0 bridgehead atoms. The molecule has 0 radical (unpaired) electrons. The average molecular weight is 297 g/mol. The number of thiophene rings is 1. The number of carboxylic acid groups (broad SMARTS) is 1. The number of carboxylic acids is 1. The van der Waals surface area contributed by atoms with Gasteiger partial charge in [0.1, 0.15) is 0 Å². The summed E-state index contributed by atoms with van der Waals surface area (Å²) in [7, 11) is 1.82. The van der Waals surface area contributed by atoms with E-state index in [1.807, 2.05) is 24.2 Å². The van der Waals surface area contributed by atoms with E-state index < -0.39 is 5.97 Å². The van der Waals surface area contributed by atoms with Crippen molar-refractivity contribution in [3.8, 4) is 0 Å². The van der Waals surface area contributed by atoms with Gasteiger partial charge in [0.2, 0.25) is 0 Å². The number of hydrogen-bond acceptors (Lipinski definition) is 4. The fourth-order valence-corrected chi connectivity index (χ4v) is 4.07. The molecule has 6 heteroatoms. The lowest BCUT2D eigenvalue weighted by Crippen LogP contribution is -2.36. The molecule has 1 aromatic rings. The maximum absolute atomic E-state index is 12.4. The third-order valence-corrected chi connectivity index (χ3v) is 5.13. The molecule has 1 saturated heterocycles. The summed E-state index contributed by atoms with van der Waals surface area (Å²) in [5.74, 6) is 1.05. The quantitative estimate of drug-likeness (QED) is 0.867. The second kappa shape index (κ2) is 6.25. The van der Waals surface area contributed by atoms with Crippen molar-refractivity contribution >= 4 is 41.1 Å². The molecule has 1 fully saturated rings. The number of nitrogens with zero attached hydrogens (tertiary/aromatic N) is 1. The molecule has 1 atom stereocenters. The molecule has 0 spiro atoms. The lowest BCUT2D eigenvalue weighted by molar-refractivity contribution is -0.131. The van der Waals surface area contributed by atoms with E-state index in [0.29, 0.717) is 10.4 Å². The highest BCUT2D eigenvalue weighted by molar-refractivity contribution is 7.99. The number of carbonyl (C=O) groups excluding carboxylic acids is 1. The summed E-state index contributed by atoms with van der Waals surface area (Å²) in [5.41, 5.74) is 0.676. The molecular weight excluding hydrogens is 282 g/mol. The van der Waals surface area contributed by atoms with Crippen LogP contribution < -0.4 is 0 Å². The van der Waals surface area contributed by atoms with Gasteiger partial charge in [0.05, 0.1) is 4.88 Å². The predicted octanol–water partition coefficient (Wildman–Crippen LogP) is 2.42. The predicted molar refractivity (Wildman–Crippen MR) is 78.8 cm³/mol. The molecule has 0 aromatic carbocycles. The van der Waals surface area contributed by atoms with Crippen molar-refractivity contribution in [1.82, 2.24) is 4.90 Å². The van der Waals surface area contributed by atoms with Crippen LogP contribution in [0.4, 0.5) is 0 Å². The summed E-state index contributed by atoms with van der Waals surface area (Å²) in [4.78, 5) is 25.3. The van der Waals surface area contributed by atoms with Gasteiger partial charge < -0.3 is 10.0 Å². The molecule has 1 aliphatic heterocycles. The molecule has 1 amide bonds. The molecule has 0 saturated carbocycles. The molecule has 1 aliphatic rings. The minimum Gasteiger partial charge on any atom is -0.478 e. The van der Waals surface area contributed by atoms with Crippen molar-refractivity contribution in [1.29, 1.82) is 0 Å². The standard InChI is InChI=1S/C13H15NO3S2/c1-14(10-5-6-18-8-10)13(17)12-9(4-7-19-12)2-3-11(15)16/h2-4,7,10H,5-6,8H2,1H3,(H,15,16). The second-order valence-corrected chi connectivity index (χ2v) is 6.38. The Morgan fingerprint density at radius 3 is 2.95 bits per heavy atom. The summed E-state index contributed by atoms with van der Waals surface area (Å²) < 4.78 is 0. The number of carbonyl (C=O) groups is 2. The SMILES string of the molecule is CN(C(=O)c1sccc1C=CC(=O)O)C1CCSC1. The van der Waals surface area contributed by atoms with Gasteiger partial charge in [0, 0.05) is 24.9 Å². The van der Waals surface area contributed by atoms with Crippen molar-refractivity contribution in [2.75, 3.05) is 18.6 Å². The minimum absolute atomic E-state index is 0.0208. The molecule has 19 heavy (non-hydrogen) atoms. The zero-order valence-corrected chi connectivity index (χ0v) is 12.2. The highest BCUT2D eigenvalue weighted by atomic mass is 32.2. The van der Waals surface area contributed by atoms with Gasteiger partial charge in [0.15, 0.2) is 0 Å². The highest BCUT2D eigenvalue weighted by Gasteiger charge is 2.26. The number of aliphatic carboxylic acids is 1. The van der Waals surface area contributed by atoms with Crippen LogP contribution in [0.1, 0.15) is 21.7 Å². The lowest BCUT2D eigenvalue weighted by atomic mass is 10.2. The second-order valence-electron chi connectivity index (χ2n) is 4.31. The van der Waals surface area contributed by atoms with Crippen LogP contribution in [0.3, 0.4) is 0 Å². The fraction of sp³-hybridized carbons (Fsp3) is 0.385. The Morgan fingerprint density at radius 2 is 2.32 bits per heavy atom. The molecule has 1 N–H and O–H groups in total. The Labute approximate surface area is 120 Å². The minimum atomic E-state index is -1.01. The van der Waals surface area contributed by atoms with Crippen LogP contribution >= 0.6 is 23.1 Å². The van der Waals surface area contributed by atoms with E-state index in [-0.39, 0.29) is 11.9 Å². The maximum atomic E-state index is 12.4. The van der Waals surface area contributed by atoms with Crippen LogP contribution in [-0.4, -0.2) is 46.5 Å². The third kappa shape index (κ3) is 3.39. The average Bonchev–Trinajstić information content (AvgIpc) is 3.05. The van der Waals surface area contributed by atoms with Gasteiger partial charge in [-0.25, -0.2) is 4.79 Å². The van der Waals surface area contributed by atoms with Crippen molar-refractivity contribution in [2.45, 2.75) is 12.5 Å². The third-order valence-electron chi connectivity index (χ3n) is 3.07. The molecular formula is C13H15NO3S2. The van der Waals surface area contributed by atoms with E-state index in [1.165, 1.54) is 17.4 Å². The molecule has 4 nitrogen and oxygen atoms in total. The van der Waals surface area contributed by atoms with Crippen LogP contribution in [-0.2, 0) is 4.79 Å². The normalized spacial score (nSPS) is 18.9. The molecule has 1 aromatic heterocycles. The van der Waals surface area contributed by atoms with Crippen molar-refractivity contribution in [3.63, 3.8) is 0 Å². The van der Waals surface area contributed by atoms with Gasteiger partial charge in [-0.2, -0.15) is 11.8 Å². The van der Waals surface area contributed by atoms with Gasteiger partial charge >= 0.3 is 5.97 Å². The Balaban J connectivity index is 2.14. The lowest BCUT2D eigenvalue weighted by Gasteiger charge is -2.23. The summed E-state index contributed by atoms with van der Waals surface area (Å²) in [5, 5.41) is 10.5. The van der Waals surface area contributed by atoms with Crippen molar-refractivity contribution < 1.29 is 14.7 Å². The maximum Gasteiger partial charge on any atom is 0.328 e. The zero-order valence-electron chi connectivity index (χ0n) is 10.5. The first-order valence-corrected chi connectivity index (χ1v) is 7.96. The number of thioether (sulfide) groups is 1. The molecule has 102 valence electrons. The van der Waals surface area contributed by atoms with E-state index in [0.717, 1.165) is 24.0 Å². The van der Waals surface area contributed by atoms with Crippen LogP contribution in [0.2, 0.25) is 0 Å². The summed E-state index contributed by atoms with van der Waals surface area (Å²) in [6.07, 6.45) is 3.56. The van der Waals surface area contributed by atoms with E-state index in [9.17, 15) is 9.59 Å². The van der Waals surface area contributed by atoms with Gasteiger partial charge in [-0.05, 0) is 35.3 Å². The molecule has 2 heterocycles. The first-order valence-electron chi connectivity index (χ1n) is 5.93. The Bertz CT molecular complexity index is 504. The number of rotatable bonds is 4. The molecule has 1 unspecified atom stereocenters. The van der Waals surface area contributed by atoms with Gasteiger partial charge in [0.25, 0.3) is 5.91 Å². The number of amides is 1. The monoisotopic (exact) mass is 297 g/mol. The van der Waals surface area contributed by atoms with E-state index in [2.05, 4.69) is 0 Å². The van der Waals surface area contributed by atoms with Crippen LogP contribution in [0, 0.1) is 0 Å². The van der Waals surface area contributed by atoms with Crippen LogP contribution in [0.25, 0.3) is 6.08 Å². The summed E-state index contributed by atoms with van der Waals surface area (Å²) in [6, 6.07) is 2.06. The molecule has 0 aliphatic carbocycles. The summed E-state index contributed by atoms with van der Waals surface area (Å²) >= 11 is 3.22. The van der Waals surface area contributed by atoms with Crippen molar-refractivity contribution in [2.24, 2.45) is 0 Å². The van der Waals surface area contributed by atoms with Gasteiger partial charge in [-0.1, -0.05) is 0 Å². The largest absolute Gasteiger partial charge is 0.478 e. The Kier molecular flexibility index (Phi) is 4.66. The van der Waals surface area contributed by atoms with Crippen LogP contribution in [0.5, 0.6) is 0 Å². The highest BCUT2D eigenvalue weighted by Crippen LogP contribution is 2.25. The molecule has 2 rings (SSSR count). The Morgan fingerprint density at radius 1 is 1.53 bits per heavy atom. The topological polar surface area (TPSA) is 57.6 Å². The van der Waals surface area contributed by atoms with E-state index in [1.54, 1.807) is 11.0 Å². The van der Waals surface area contributed by atoms with Gasteiger partial charge in [-0.3, -0.25) is 4.79 Å². The van der Waals surface area contributed by atoms with Gasteiger partial charge in [-0.15, -0.1) is 11.3 Å². The Hall–Kier alpha value is -1.27. The first-order chi connectivity index (χ1) is 9.09. The van der Waals surface area contributed by atoms with E-state index in [4.69, 9.17) is 5.11 Å². The first kappa shape index (κ1) is 14.1. The zero-order chi connectivity index (χ0) is 13.8. The van der Waals surface area contributed by atoms with E-state index >= 15 is 0 Å². The smallest absolute Gasteiger partial charge is 0.328 e. The number of hydrogen-bond donors (Lipinski definition) is 1. The van der Waals surface area contributed by atoms with Crippen LogP contribution in [0.15, 0.2) is 17.5 Å². The van der Waals surface area contributed by atoms with Crippen molar-refractivity contribution in [3.05, 3.63) is 28.0 Å².